The van der Waals surface area contributed by atoms with E-state index >= 15 is 9.59 Å². The van der Waals surface area contributed by atoms with Gasteiger partial charge in [-0.2, -0.15) is 0 Å². The van der Waals surface area contributed by atoms with E-state index in [1.807, 2.05) is 16.7 Å². The Labute approximate surface area is 376 Å². The molecule has 0 aliphatic carbocycles. The van der Waals surface area contributed by atoms with Crippen molar-refractivity contribution in [1.29, 1.82) is 0 Å². The highest BCUT2D eigenvalue weighted by Crippen LogP contribution is 2.64. The van der Waals surface area contributed by atoms with Crippen LogP contribution in [-0.4, -0.2) is 156 Å². The van der Waals surface area contributed by atoms with Gasteiger partial charge in [-0.1, -0.05) is 24.3 Å². The molecule has 9 unspecified atom stereocenters. The van der Waals surface area contributed by atoms with Gasteiger partial charge in [-0.25, -0.2) is 0 Å². The molecule has 4 bridgehead atoms. The molecule has 18 nitrogen and oxygen atoms in total. The fraction of sp³-hybridized carbons (Fsp3) is 0.447. The van der Waals surface area contributed by atoms with E-state index in [9.17, 15) is 19.2 Å². The summed E-state index contributed by atoms with van der Waals surface area (Å²) in [5.74, 6) is -4.95. The van der Waals surface area contributed by atoms with E-state index in [0.29, 0.717) is 22.8 Å². The van der Waals surface area contributed by atoms with Crippen molar-refractivity contribution in [2.24, 2.45) is 21.7 Å². The first kappa shape index (κ1) is 45.2. The number of hydrogen-bond donors (Lipinski definition) is 0. The van der Waals surface area contributed by atoms with Crippen LogP contribution in [0.4, 0.5) is 0 Å². The van der Waals surface area contributed by atoms with Gasteiger partial charge in [0.2, 0.25) is 0 Å². The third kappa shape index (κ3) is 6.51. The second-order valence-electron chi connectivity index (χ2n) is 17.5. The van der Waals surface area contributed by atoms with Gasteiger partial charge in [0.15, 0.2) is 33.2 Å². The maximum atomic E-state index is 15.8. The Balaban J connectivity index is 1.47. The molecule has 0 radical (unpaired) electrons. The Kier molecular flexibility index (Phi) is 12.0. The van der Waals surface area contributed by atoms with Crippen LogP contribution in [0.2, 0.25) is 0 Å². The number of nitrogens with zero attached hydrogens (tertiary/aromatic N) is 8. The number of piperidine rings is 4. The van der Waals surface area contributed by atoms with Crippen molar-refractivity contribution >= 4 is 35.4 Å². The number of aromatic nitrogens is 4. The molecular formula is C47H52N8O10. The lowest BCUT2D eigenvalue weighted by atomic mass is 9.53. The lowest BCUT2D eigenvalue weighted by Crippen LogP contribution is -2.78. The van der Waals surface area contributed by atoms with Crippen LogP contribution in [0.15, 0.2) is 97.6 Å². The van der Waals surface area contributed by atoms with Crippen molar-refractivity contribution in [2.45, 2.75) is 37.1 Å². The third-order valence-corrected chi connectivity index (χ3v) is 13.9. The number of carbonyl (C=O) groups is 6. The van der Waals surface area contributed by atoms with Crippen molar-refractivity contribution in [3.63, 3.8) is 0 Å². The van der Waals surface area contributed by atoms with Gasteiger partial charge in [0.25, 0.3) is 0 Å². The van der Waals surface area contributed by atoms with E-state index < -0.39 is 87.3 Å². The molecule has 18 heteroatoms. The van der Waals surface area contributed by atoms with E-state index in [-0.39, 0.29) is 32.7 Å². The zero-order valence-electron chi connectivity index (χ0n) is 37.3. The molecule has 65 heavy (non-hydrogen) atoms. The third-order valence-electron chi connectivity index (χ3n) is 13.9. The SMILES string of the molecule is COC(=O)C12CN(C)CC(C(=O)OC)(C1=O)C(c1ccccn1)N(CC(C)N1C(c3ccccn3)C3(C(=O)OC)CN(C)CC(C(=O)OC)(C3=O)C1c1ccccn1)C2c1ccccn1. The van der Waals surface area contributed by atoms with Gasteiger partial charge >= 0.3 is 23.9 Å². The molecule has 4 aliphatic rings. The summed E-state index contributed by atoms with van der Waals surface area (Å²) in [6.45, 7) is 1.09. The highest BCUT2D eigenvalue weighted by Gasteiger charge is 2.78. The van der Waals surface area contributed by atoms with Crippen molar-refractivity contribution in [2.75, 3.05) is 75.3 Å². The van der Waals surface area contributed by atoms with E-state index in [4.69, 9.17) is 38.9 Å². The smallest absolute Gasteiger partial charge is 0.322 e. The molecule has 0 aromatic carbocycles. The number of hydrogen-bond acceptors (Lipinski definition) is 18. The lowest BCUT2D eigenvalue weighted by molar-refractivity contribution is -0.216. The van der Waals surface area contributed by atoms with Crippen molar-refractivity contribution in [3.05, 3.63) is 120 Å². The number of Topliss-reactive ketones (excluding diaryl/α,β-unsaturated/α-hetero) is 2. The fourth-order valence-corrected chi connectivity index (χ4v) is 11.8. The summed E-state index contributed by atoms with van der Waals surface area (Å²) in [7, 11) is 8.22. The van der Waals surface area contributed by atoms with Crippen molar-refractivity contribution < 1.29 is 47.7 Å². The molecule has 4 aromatic heterocycles. The number of ether oxygens (including phenoxy) is 4. The van der Waals surface area contributed by atoms with Crippen LogP contribution >= 0.6 is 0 Å². The molecule has 4 fully saturated rings. The zero-order valence-corrected chi connectivity index (χ0v) is 37.3. The summed E-state index contributed by atoms with van der Waals surface area (Å²) >= 11 is 0. The van der Waals surface area contributed by atoms with E-state index in [1.54, 1.807) is 121 Å². The minimum Gasteiger partial charge on any atom is -0.468 e. The molecule has 4 aliphatic heterocycles. The molecular weight excluding hydrogens is 837 g/mol. The molecule has 340 valence electrons. The highest BCUT2D eigenvalue weighted by atomic mass is 16.5. The number of rotatable bonds is 11. The second kappa shape index (κ2) is 17.2. The predicted octanol–water partition coefficient (Wildman–Crippen LogP) is 2.22. The molecule has 0 amide bonds. The Bertz CT molecular complexity index is 2310. The molecule has 4 aromatic rings. The minimum atomic E-state index is -2.08. The van der Waals surface area contributed by atoms with Crippen LogP contribution in [0.3, 0.4) is 0 Å². The van der Waals surface area contributed by atoms with Crippen LogP contribution in [0.25, 0.3) is 0 Å². The lowest BCUT2D eigenvalue weighted by Gasteiger charge is -2.64. The second-order valence-corrected chi connectivity index (χ2v) is 17.5. The number of pyridine rings is 4. The predicted molar refractivity (Wildman–Crippen MR) is 229 cm³/mol. The van der Waals surface area contributed by atoms with Gasteiger partial charge in [0, 0.05) is 63.6 Å². The number of likely N-dealkylation sites (tertiary alicyclic amines) is 4. The number of carbonyl (C=O) groups excluding carboxylic acids is 6. The number of fused-ring (bicyclic) bond motifs is 4. The van der Waals surface area contributed by atoms with Crippen LogP contribution in [0.1, 0.15) is 53.9 Å². The summed E-state index contributed by atoms with van der Waals surface area (Å²) in [4.78, 5) is 117. The van der Waals surface area contributed by atoms with Gasteiger partial charge in [-0.05, 0) is 69.6 Å². The molecule has 8 heterocycles. The van der Waals surface area contributed by atoms with Crippen LogP contribution in [0, 0.1) is 21.7 Å². The van der Waals surface area contributed by atoms with Crippen LogP contribution < -0.4 is 0 Å². The summed E-state index contributed by atoms with van der Waals surface area (Å²) in [6.07, 6.45) is 6.22. The fourth-order valence-electron chi connectivity index (χ4n) is 11.8. The molecule has 0 N–H and O–H groups in total. The minimum absolute atomic E-state index is 0.123. The highest BCUT2D eigenvalue weighted by molar-refractivity contribution is 6.18. The van der Waals surface area contributed by atoms with Gasteiger partial charge in [0.05, 0.1) is 75.4 Å². The first-order chi connectivity index (χ1) is 31.3. The number of esters is 4. The summed E-state index contributed by atoms with van der Waals surface area (Å²) < 4.78 is 22.2. The van der Waals surface area contributed by atoms with E-state index in [1.165, 1.54) is 28.4 Å². The monoisotopic (exact) mass is 888 g/mol. The summed E-state index contributed by atoms with van der Waals surface area (Å²) in [6, 6.07) is 14.9. The van der Waals surface area contributed by atoms with E-state index in [2.05, 4.69) is 0 Å². The van der Waals surface area contributed by atoms with Crippen molar-refractivity contribution in [3.8, 4) is 0 Å². The van der Waals surface area contributed by atoms with Gasteiger partial charge in [0.1, 0.15) is 0 Å². The average molecular weight is 889 g/mol. The largest absolute Gasteiger partial charge is 0.468 e. The zero-order chi connectivity index (χ0) is 46.5. The molecule has 0 spiro atoms. The molecule has 9 atom stereocenters. The van der Waals surface area contributed by atoms with Gasteiger partial charge in [-0.15, -0.1) is 0 Å². The van der Waals surface area contributed by atoms with E-state index in [0.717, 1.165) is 0 Å². The first-order valence-electron chi connectivity index (χ1n) is 21.2. The average Bonchev–Trinajstić information content (AvgIpc) is 3.32. The maximum Gasteiger partial charge on any atom is 0.322 e. The molecule has 0 saturated carbocycles. The Morgan fingerprint density at radius 1 is 0.523 bits per heavy atom. The maximum absolute atomic E-state index is 15.8. The number of methoxy groups -OCH3 is 4. The van der Waals surface area contributed by atoms with Gasteiger partial charge in [-0.3, -0.25) is 58.5 Å². The number of ketones is 2. The summed E-state index contributed by atoms with van der Waals surface area (Å²) in [5.41, 5.74) is -7.04. The molecule has 8 rings (SSSR count). The Morgan fingerprint density at radius 2 is 0.800 bits per heavy atom. The normalized spacial score (nSPS) is 31.1. The van der Waals surface area contributed by atoms with Crippen LogP contribution in [-0.2, 0) is 47.7 Å². The van der Waals surface area contributed by atoms with Crippen LogP contribution in [0.5, 0.6) is 0 Å². The summed E-state index contributed by atoms with van der Waals surface area (Å²) in [5, 5.41) is 0. The topological polar surface area (TPSA) is 204 Å². The Hall–Kier alpha value is -6.34. The van der Waals surface area contributed by atoms with Crippen molar-refractivity contribution in [1.82, 2.24) is 39.5 Å². The first-order valence-corrected chi connectivity index (χ1v) is 21.2. The quantitative estimate of drug-likeness (QED) is 0.120. The standard InChI is InChI=1S/C47H52N8O10/c1-29(55-36(32-18-10-14-22-50-32)46(42(60)64-6)27-53(3)28-47(39(46)57,43(61)65-7)37(55)33-19-11-15-23-51-33)24-54-34(30-16-8-12-20-48-30)44(40(58)62-4)25-52(2)26-45(38(44)56,41(59)63-5)35(54)31-17-9-13-21-49-31/h8-23,29,34-37H,24-28H2,1-7H3. The molecule has 4 saturated heterocycles. The Morgan fingerprint density at radius 3 is 1.06 bits per heavy atom. The van der Waals surface area contributed by atoms with Gasteiger partial charge < -0.3 is 28.7 Å².